The lowest BCUT2D eigenvalue weighted by Crippen LogP contribution is -2.65. The average Bonchev–Trinajstić information content (AvgIpc) is 2.87. The van der Waals surface area contributed by atoms with Crippen molar-refractivity contribution in [3.63, 3.8) is 0 Å². The molecule has 0 aliphatic carbocycles. The van der Waals surface area contributed by atoms with E-state index in [2.05, 4.69) is 6.58 Å². The Kier molecular flexibility index (Phi) is 6.86. The standard InChI is InChI=1S/C28H22F6N2O2/c1-18-24(37)35(22-12-8-20(9-13-22)27(29,30)31)25(38)36(23-14-10-21(11-15-23)28(32,33)34)26(18,2)17-16-19-6-4-3-5-7-19/h3-15H,1,16-17H2,2H3. The maximum Gasteiger partial charge on any atom is 0.416 e. The first-order chi connectivity index (χ1) is 17.7. The third-order valence-electron chi connectivity index (χ3n) is 6.64. The molecule has 3 aromatic carbocycles. The van der Waals surface area contributed by atoms with Gasteiger partial charge in [-0.2, -0.15) is 26.3 Å². The summed E-state index contributed by atoms with van der Waals surface area (Å²) in [5.74, 6) is -0.812. The molecule has 0 radical (unpaired) electrons. The summed E-state index contributed by atoms with van der Waals surface area (Å²) in [5.41, 5.74) is -2.42. The number of nitrogens with zero attached hydrogens (tertiary/aromatic N) is 2. The van der Waals surface area contributed by atoms with Crippen molar-refractivity contribution in [2.24, 2.45) is 0 Å². The number of alkyl halides is 6. The van der Waals surface area contributed by atoms with Gasteiger partial charge in [-0.25, -0.2) is 9.69 Å². The summed E-state index contributed by atoms with van der Waals surface area (Å²) in [6.07, 6.45) is -8.61. The van der Waals surface area contributed by atoms with Gasteiger partial charge >= 0.3 is 18.4 Å². The maximum atomic E-state index is 13.8. The highest BCUT2D eigenvalue weighted by atomic mass is 19.4. The maximum absolute atomic E-state index is 13.8. The zero-order valence-corrected chi connectivity index (χ0v) is 20.1. The van der Waals surface area contributed by atoms with E-state index < -0.39 is 41.0 Å². The number of urea groups is 1. The molecular formula is C28H22F6N2O2. The van der Waals surface area contributed by atoms with Crippen LogP contribution in [0.2, 0.25) is 0 Å². The molecule has 3 aromatic rings. The van der Waals surface area contributed by atoms with Crippen molar-refractivity contribution >= 4 is 23.3 Å². The van der Waals surface area contributed by atoms with Gasteiger partial charge in [0, 0.05) is 11.3 Å². The molecule has 1 atom stereocenters. The van der Waals surface area contributed by atoms with Gasteiger partial charge < -0.3 is 0 Å². The van der Waals surface area contributed by atoms with Crippen LogP contribution in [0.3, 0.4) is 0 Å². The van der Waals surface area contributed by atoms with Crippen LogP contribution in [0.1, 0.15) is 30.0 Å². The normalized spacial score (nSPS) is 18.8. The fourth-order valence-corrected chi connectivity index (χ4v) is 4.42. The third kappa shape index (κ3) is 5.03. The lowest BCUT2D eigenvalue weighted by Gasteiger charge is -2.48. The molecule has 0 spiro atoms. The van der Waals surface area contributed by atoms with Crippen LogP contribution in [0.4, 0.5) is 42.5 Å². The van der Waals surface area contributed by atoms with Crippen molar-refractivity contribution in [1.29, 1.82) is 0 Å². The molecule has 1 aliphatic rings. The highest BCUT2D eigenvalue weighted by molar-refractivity contribution is 6.28. The second-order valence-corrected chi connectivity index (χ2v) is 9.09. The van der Waals surface area contributed by atoms with Crippen LogP contribution in [0.15, 0.2) is 91.0 Å². The van der Waals surface area contributed by atoms with Gasteiger partial charge in [-0.15, -0.1) is 0 Å². The number of carbonyl (C=O) groups is 2. The number of hydrogen-bond acceptors (Lipinski definition) is 2. The molecule has 4 nitrogen and oxygen atoms in total. The molecule has 1 aliphatic heterocycles. The number of carbonyl (C=O) groups excluding carboxylic acids is 2. The molecule has 1 heterocycles. The van der Waals surface area contributed by atoms with E-state index >= 15 is 0 Å². The number of amides is 3. The minimum Gasteiger partial charge on any atom is -0.284 e. The summed E-state index contributed by atoms with van der Waals surface area (Å²) in [7, 11) is 0. The van der Waals surface area contributed by atoms with E-state index in [-0.39, 0.29) is 23.4 Å². The second kappa shape index (κ2) is 9.66. The number of hydrogen-bond donors (Lipinski definition) is 0. The van der Waals surface area contributed by atoms with Gasteiger partial charge in [0.2, 0.25) is 0 Å². The first kappa shape index (κ1) is 27.0. The number of aryl methyl sites for hydroxylation is 1. The fourth-order valence-electron chi connectivity index (χ4n) is 4.42. The zero-order valence-electron chi connectivity index (χ0n) is 20.1. The highest BCUT2D eigenvalue weighted by Crippen LogP contribution is 2.42. The van der Waals surface area contributed by atoms with Crippen molar-refractivity contribution in [3.8, 4) is 0 Å². The third-order valence-corrected chi connectivity index (χ3v) is 6.64. The monoisotopic (exact) mass is 532 g/mol. The van der Waals surface area contributed by atoms with Crippen LogP contribution in [-0.4, -0.2) is 17.5 Å². The molecule has 3 amide bonds. The van der Waals surface area contributed by atoms with E-state index in [1.807, 2.05) is 30.3 Å². The van der Waals surface area contributed by atoms with Crippen molar-refractivity contribution in [3.05, 3.63) is 108 Å². The minimum atomic E-state index is -4.62. The predicted octanol–water partition coefficient (Wildman–Crippen LogP) is 7.65. The SMILES string of the molecule is C=C1C(=O)N(c2ccc(C(F)(F)F)cc2)C(=O)N(c2ccc(C(F)(F)F)cc2)C1(C)CCc1ccccc1. The summed E-state index contributed by atoms with van der Waals surface area (Å²) >= 11 is 0. The van der Waals surface area contributed by atoms with Crippen LogP contribution in [-0.2, 0) is 23.6 Å². The van der Waals surface area contributed by atoms with E-state index in [0.717, 1.165) is 54.1 Å². The van der Waals surface area contributed by atoms with E-state index in [4.69, 9.17) is 0 Å². The topological polar surface area (TPSA) is 40.6 Å². The van der Waals surface area contributed by atoms with E-state index in [1.54, 1.807) is 6.92 Å². The Labute approximate surface area is 214 Å². The first-order valence-corrected chi connectivity index (χ1v) is 11.5. The molecule has 38 heavy (non-hydrogen) atoms. The molecule has 4 rings (SSSR count). The zero-order chi connectivity index (χ0) is 27.9. The second-order valence-electron chi connectivity index (χ2n) is 9.09. The molecule has 1 saturated heterocycles. The molecule has 0 N–H and O–H groups in total. The summed E-state index contributed by atoms with van der Waals surface area (Å²) in [6, 6.07) is 15.6. The van der Waals surface area contributed by atoms with Crippen LogP contribution in [0.25, 0.3) is 0 Å². The smallest absolute Gasteiger partial charge is 0.284 e. The fraction of sp³-hybridized carbons (Fsp3) is 0.214. The number of halogens is 6. The van der Waals surface area contributed by atoms with E-state index in [1.165, 1.54) is 4.90 Å². The van der Waals surface area contributed by atoms with Gasteiger partial charge in [0.15, 0.2) is 0 Å². The van der Waals surface area contributed by atoms with Gasteiger partial charge in [0.25, 0.3) is 5.91 Å². The van der Waals surface area contributed by atoms with Crippen molar-refractivity contribution in [1.82, 2.24) is 0 Å². The van der Waals surface area contributed by atoms with Crippen molar-refractivity contribution in [2.45, 2.75) is 37.7 Å². The van der Waals surface area contributed by atoms with Crippen LogP contribution in [0.5, 0.6) is 0 Å². The number of rotatable bonds is 5. The Bertz CT molecular complexity index is 1350. The molecule has 0 aromatic heterocycles. The number of imide groups is 1. The van der Waals surface area contributed by atoms with Crippen LogP contribution >= 0.6 is 0 Å². The van der Waals surface area contributed by atoms with Crippen molar-refractivity contribution < 1.29 is 35.9 Å². The summed E-state index contributed by atoms with van der Waals surface area (Å²) in [4.78, 5) is 29.1. The molecule has 1 unspecified atom stereocenters. The van der Waals surface area contributed by atoms with Gasteiger partial charge in [-0.1, -0.05) is 36.9 Å². The molecular weight excluding hydrogens is 510 g/mol. The van der Waals surface area contributed by atoms with Gasteiger partial charge in [0.1, 0.15) is 0 Å². The Hall–Kier alpha value is -4.08. The van der Waals surface area contributed by atoms with Crippen molar-refractivity contribution in [2.75, 3.05) is 9.80 Å². The Morgan fingerprint density at radius 3 is 1.68 bits per heavy atom. The van der Waals surface area contributed by atoms with Crippen LogP contribution < -0.4 is 9.80 Å². The first-order valence-electron chi connectivity index (χ1n) is 11.5. The Balaban J connectivity index is 1.78. The van der Waals surface area contributed by atoms with Gasteiger partial charge in [0.05, 0.1) is 22.4 Å². The molecule has 1 fully saturated rings. The lowest BCUT2D eigenvalue weighted by atomic mass is 9.81. The van der Waals surface area contributed by atoms with Crippen LogP contribution in [0, 0.1) is 0 Å². The predicted molar refractivity (Wildman–Crippen MR) is 131 cm³/mol. The van der Waals surface area contributed by atoms with E-state index in [0.29, 0.717) is 11.3 Å². The molecule has 0 bridgehead atoms. The largest absolute Gasteiger partial charge is 0.416 e. The van der Waals surface area contributed by atoms with Gasteiger partial charge in [-0.05, 0) is 73.9 Å². The lowest BCUT2D eigenvalue weighted by molar-refractivity contribution is -0.138. The molecule has 0 saturated carbocycles. The Morgan fingerprint density at radius 2 is 1.21 bits per heavy atom. The number of benzene rings is 3. The Morgan fingerprint density at radius 1 is 0.737 bits per heavy atom. The van der Waals surface area contributed by atoms with E-state index in [9.17, 15) is 35.9 Å². The number of anilines is 2. The van der Waals surface area contributed by atoms with Gasteiger partial charge in [-0.3, -0.25) is 9.69 Å². The summed E-state index contributed by atoms with van der Waals surface area (Å²) in [6.45, 7) is 5.51. The minimum absolute atomic E-state index is 0.0344. The summed E-state index contributed by atoms with van der Waals surface area (Å²) in [5, 5.41) is 0. The summed E-state index contributed by atoms with van der Waals surface area (Å²) < 4.78 is 78.7. The average molecular weight is 532 g/mol. The quantitative estimate of drug-likeness (QED) is 0.250. The highest BCUT2D eigenvalue weighted by Gasteiger charge is 2.50. The molecule has 10 heteroatoms. The molecule has 198 valence electrons.